The van der Waals surface area contributed by atoms with Crippen LogP contribution in [0.4, 0.5) is 0 Å². The van der Waals surface area contributed by atoms with Gasteiger partial charge in [0.1, 0.15) is 0 Å². The molecule has 2 saturated heterocycles. The number of aliphatic imine (C=N–C) groups is 1. The first-order valence-electron chi connectivity index (χ1n) is 9.48. The fourth-order valence-corrected chi connectivity index (χ4v) is 6.77. The number of guanidine groups is 1. The molecule has 27 heavy (non-hydrogen) atoms. The van der Waals surface area contributed by atoms with Crippen molar-refractivity contribution in [3.05, 3.63) is 22.4 Å². The maximum absolute atomic E-state index is 11.7. The summed E-state index contributed by atoms with van der Waals surface area (Å²) in [6, 6.07) is 4.16. The molecule has 0 radical (unpaired) electrons. The normalized spacial score (nSPS) is 27.2. The van der Waals surface area contributed by atoms with E-state index in [1.54, 1.807) is 11.3 Å². The molecule has 0 amide bonds. The molecule has 1 aromatic rings. The Morgan fingerprint density at radius 1 is 1.44 bits per heavy atom. The van der Waals surface area contributed by atoms with Crippen LogP contribution in [0.25, 0.3) is 0 Å². The van der Waals surface area contributed by atoms with Crippen molar-refractivity contribution in [2.24, 2.45) is 22.2 Å². The number of likely N-dealkylation sites (tertiary alicyclic amines) is 1. The van der Waals surface area contributed by atoms with Crippen LogP contribution in [-0.4, -0.2) is 50.4 Å². The summed E-state index contributed by atoms with van der Waals surface area (Å²) in [4.78, 5) is 8.49. The van der Waals surface area contributed by atoms with Gasteiger partial charge in [-0.25, -0.2) is 13.4 Å². The Morgan fingerprint density at radius 3 is 2.81 bits per heavy atom. The molecule has 2 fully saturated rings. The summed E-state index contributed by atoms with van der Waals surface area (Å²) in [5.41, 5.74) is 0.264. The van der Waals surface area contributed by atoms with Gasteiger partial charge in [-0.15, -0.1) is 35.3 Å². The van der Waals surface area contributed by atoms with Crippen molar-refractivity contribution in [3.63, 3.8) is 0 Å². The first-order valence-corrected chi connectivity index (χ1v) is 12.2. The van der Waals surface area contributed by atoms with Crippen LogP contribution < -0.4 is 5.32 Å². The number of piperidine rings is 1. The van der Waals surface area contributed by atoms with Crippen molar-refractivity contribution in [1.82, 2.24) is 10.2 Å². The minimum absolute atomic E-state index is 0. The maximum atomic E-state index is 11.7. The van der Waals surface area contributed by atoms with Gasteiger partial charge >= 0.3 is 0 Å². The van der Waals surface area contributed by atoms with Gasteiger partial charge in [-0.05, 0) is 41.5 Å². The standard InChI is InChI=1S/C19H31N3O2S2.HI/c1-15-9-19(2,3)14-22(12-15)18(21-11-17-5-4-7-25-17)20-10-16-6-8-26(23,24)13-16;/h4-5,7,15-16H,6,8-14H2,1-3H3,(H,20,21);1H. The molecule has 2 aliphatic rings. The second-order valence-corrected chi connectivity index (χ2v) is 12.0. The van der Waals surface area contributed by atoms with Gasteiger partial charge in [0.05, 0.1) is 18.1 Å². The number of halogens is 1. The highest BCUT2D eigenvalue weighted by Gasteiger charge is 2.33. The Bertz CT molecular complexity index is 732. The Kier molecular flexibility index (Phi) is 8.01. The number of hydrogen-bond acceptors (Lipinski definition) is 4. The molecule has 3 heterocycles. The van der Waals surface area contributed by atoms with Crippen molar-refractivity contribution in [3.8, 4) is 0 Å². The van der Waals surface area contributed by atoms with Crippen LogP contribution in [0, 0.1) is 17.3 Å². The Balaban J connectivity index is 0.00000261. The lowest BCUT2D eigenvalue weighted by Crippen LogP contribution is -2.52. The van der Waals surface area contributed by atoms with Gasteiger partial charge in [0, 0.05) is 24.5 Å². The predicted molar refractivity (Wildman–Crippen MR) is 125 cm³/mol. The van der Waals surface area contributed by atoms with Gasteiger partial charge in [-0.3, -0.25) is 0 Å². The first-order chi connectivity index (χ1) is 12.2. The summed E-state index contributed by atoms with van der Waals surface area (Å²) in [7, 11) is -2.84. The van der Waals surface area contributed by atoms with Crippen LogP contribution in [0.15, 0.2) is 22.5 Å². The molecule has 1 aromatic heterocycles. The van der Waals surface area contributed by atoms with Crippen LogP contribution in [0.1, 0.15) is 38.5 Å². The average Bonchev–Trinajstić information content (AvgIpc) is 3.14. The van der Waals surface area contributed by atoms with Crippen molar-refractivity contribution in [1.29, 1.82) is 0 Å². The Morgan fingerprint density at radius 2 is 2.22 bits per heavy atom. The van der Waals surface area contributed by atoms with Crippen molar-refractivity contribution >= 4 is 51.1 Å². The highest BCUT2D eigenvalue weighted by molar-refractivity contribution is 14.0. The van der Waals surface area contributed by atoms with E-state index in [0.29, 0.717) is 30.5 Å². The molecule has 0 saturated carbocycles. The van der Waals surface area contributed by atoms with E-state index in [1.165, 1.54) is 11.3 Å². The molecular weight excluding hydrogens is 493 g/mol. The van der Waals surface area contributed by atoms with E-state index < -0.39 is 9.84 Å². The third-order valence-electron chi connectivity index (χ3n) is 5.19. The van der Waals surface area contributed by atoms with Crippen LogP contribution in [0.5, 0.6) is 0 Å². The third kappa shape index (κ3) is 6.88. The van der Waals surface area contributed by atoms with Gasteiger partial charge in [0.2, 0.25) is 0 Å². The molecule has 3 rings (SSSR count). The Labute approximate surface area is 185 Å². The van der Waals surface area contributed by atoms with Crippen LogP contribution in [0.3, 0.4) is 0 Å². The highest BCUT2D eigenvalue weighted by atomic mass is 127. The largest absolute Gasteiger partial charge is 0.356 e. The number of sulfone groups is 1. The first kappa shape index (κ1) is 22.9. The zero-order chi connectivity index (χ0) is 18.8. The summed E-state index contributed by atoms with van der Waals surface area (Å²) in [5.74, 6) is 2.39. The lowest BCUT2D eigenvalue weighted by molar-refractivity contribution is 0.129. The molecule has 5 nitrogen and oxygen atoms in total. The molecule has 0 spiro atoms. The number of rotatable bonds is 4. The second kappa shape index (κ2) is 9.43. The summed E-state index contributed by atoms with van der Waals surface area (Å²) in [6.07, 6.45) is 1.98. The zero-order valence-corrected chi connectivity index (χ0v) is 20.4. The van der Waals surface area contributed by atoms with E-state index in [4.69, 9.17) is 4.99 Å². The Hall–Kier alpha value is -0.350. The predicted octanol–water partition coefficient (Wildman–Crippen LogP) is 3.61. The minimum atomic E-state index is -2.84. The van der Waals surface area contributed by atoms with Gasteiger partial charge in [-0.1, -0.05) is 26.8 Å². The lowest BCUT2D eigenvalue weighted by Gasteiger charge is -2.43. The second-order valence-electron chi connectivity index (χ2n) is 8.72. The average molecular weight is 526 g/mol. The van der Waals surface area contributed by atoms with E-state index in [9.17, 15) is 8.42 Å². The quantitative estimate of drug-likeness (QED) is 0.371. The SMILES string of the molecule is CC1CN(C(=NCc2cccs2)NCC2CCS(=O)(=O)C2)CC(C)(C)C1.I. The van der Waals surface area contributed by atoms with Gasteiger partial charge in [0.25, 0.3) is 0 Å². The van der Waals surface area contributed by atoms with Gasteiger partial charge in [-0.2, -0.15) is 0 Å². The number of nitrogens with one attached hydrogen (secondary N) is 1. The highest BCUT2D eigenvalue weighted by Crippen LogP contribution is 2.32. The number of hydrogen-bond donors (Lipinski definition) is 1. The maximum Gasteiger partial charge on any atom is 0.194 e. The molecule has 0 bridgehead atoms. The molecule has 2 atom stereocenters. The molecule has 0 aromatic carbocycles. The monoisotopic (exact) mass is 525 g/mol. The molecule has 2 unspecified atom stereocenters. The van der Waals surface area contributed by atoms with Gasteiger partial charge in [0.15, 0.2) is 15.8 Å². The van der Waals surface area contributed by atoms with E-state index in [0.717, 1.165) is 25.5 Å². The molecule has 154 valence electrons. The fourth-order valence-electron chi connectivity index (χ4n) is 4.28. The van der Waals surface area contributed by atoms with E-state index in [1.807, 2.05) is 0 Å². The summed E-state index contributed by atoms with van der Waals surface area (Å²) in [6.45, 7) is 10.3. The van der Waals surface area contributed by atoms with Crippen LogP contribution in [0.2, 0.25) is 0 Å². The van der Waals surface area contributed by atoms with Crippen LogP contribution >= 0.6 is 35.3 Å². The van der Waals surface area contributed by atoms with E-state index >= 15 is 0 Å². The molecule has 2 aliphatic heterocycles. The van der Waals surface area contributed by atoms with Crippen molar-refractivity contribution < 1.29 is 8.42 Å². The third-order valence-corrected chi connectivity index (χ3v) is 7.89. The van der Waals surface area contributed by atoms with Crippen molar-refractivity contribution in [2.45, 2.75) is 40.2 Å². The molecule has 1 N–H and O–H groups in total. The smallest absolute Gasteiger partial charge is 0.194 e. The van der Waals surface area contributed by atoms with Crippen molar-refractivity contribution in [2.75, 3.05) is 31.1 Å². The molecule has 8 heteroatoms. The summed E-state index contributed by atoms with van der Waals surface area (Å²) >= 11 is 1.72. The van der Waals surface area contributed by atoms with Gasteiger partial charge < -0.3 is 10.2 Å². The van der Waals surface area contributed by atoms with Crippen LogP contribution in [-0.2, 0) is 16.4 Å². The van der Waals surface area contributed by atoms with E-state index in [-0.39, 0.29) is 35.3 Å². The molecule has 0 aliphatic carbocycles. The lowest BCUT2D eigenvalue weighted by atomic mass is 9.79. The summed E-state index contributed by atoms with van der Waals surface area (Å²) in [5, 5.41) is 5.58. The zero-order valence-electron chi connectivity index (χ0n) is 16.5. The molecular formula is C19H32IN3O2S2. The topological polar surface area (TPSA) is 61.8 Å². The minimum Gasteiger partial charge on any atom is -0.356 e. The van der Waals surface area contributed by atoms with E-state index in [2.05, 4.69) is 48.5 Å². The fraction of sp³-hybridized carbons (Fsp3) is 0.737. The number of nitrogens with zero attached hydrogens (tertiary/aromatic N) is 2. The summed E-state index contributed by atoms with van der Waals surface area (Å²) < 4.78 is 23.5. The number of thiophene rings is 1.